The number of halogens is 1. The van der Waals surface area contributed by atoms with Crippen LogP contribution in [0.15, 0.2) is 47.8 Å². The maximum absolute atomic E-state index is 14.7. The molecule has 1 N–H and O–H groups in total. The number of hydrogen-bond acceptors (Lipinski definition) is 5. The highest BCUT2D eigenvalue weighted by Gasteiger charge is 2.32. The first-order valence-electron chi connectivity index (χ1n) is 8.86. The highest BCUT2D eigenvalue weighted by Crippen LogP contribution is 2.31. The Labute approximate surface area is 170 Å². The predicted molar refractivity (Wildman–Crippen MR) is 108 cm³/mol. The molecular weight excluding hydrogens is 393 g/mol. The van der Waals surface area contributed by atoms with Crippen LogP contribution in [-0.2, 0) is 11.3 Å². The normalized spacial score (nSPS) is 16.0. The lowest BCUT2D eigenvalue weighted by Crippen LogP contribution is -2.25. The summed E-state index contributed by atoms with van der Waals surface area (Å²) in [5.41, 5.74) is 3.16. The van der Waals surface area contributed by atoms with E-state index in [1.807, 2.05) is 29.6 Å². The number of aliphatic hydroxyl groups excluding tert-OH is 1. The molecule has 146 valence electrons. The lowest BCUT2D eigenvalue weighted by atomic mass is 10.0. The van der Waals surface area contributed by atoms with Crippen LogP contribution in [0.4, 0.5) is 14.9 Å². The SMILES string of the molecule is [C-]#[N+]Cc1csc(-c2ccc(-c3ccc(N4C[C@H](CO)OC4=O)cc3F)cc2)n1. The number of cyclic esters (lactones) is 1. The van der Waals surface area contributed by atoms with Gasteiger partial charge in [-0.2, -0.15) is 0 Å². The van der Waals surface area contributed by atoms with Gasteiger partial charge in [-0.15, -0.1) is 11.3 Å². The largest absolute Gasteiger partial charge is 0.441 e. The van der Waals surface area contributed by atoms with Gasteiger partial charge in [0, 0.05) is 16.5 Å². The van der Waals surface area contributed by atoms with Gasteiger partial charge >= 0.3 is 6.09 Å². The highest BCUT2D eigenvalue weighted by molar-refractivity contribution is 7.13. The molecule has 0 radical (unpaired) electrons. The summed E-state index contributed by atoms with van der Waals surface area (Å²) < 4.78 is 19.7. The number of thiazole rings is 1. The second-order valence-corrected chi connectivity index (χ2v) is 7.36. The fourth-order valence-electron chi connectivity index (χ4n) is 3.12. The third-order valence-electron chi connectivity index (χ3n) is 4.58. The number of carbonyl (C=O) groups excluding carboxylic acids is 1. The zero-order valence-corrected chi connectivity index (χ0v) is 16.0. The molecule has 2 heterocycles. The average Bonchev–Trinajstić information content (AvgIpc) is 3.35. The Morgan fingerprint density at radius 2 is 2.03 bits per heavy atom. The molecule has 0 aliphatic carbocycles. The van der Waals surface area contributed by atoms with Crippen LogP contribution < -0.4 is 4.90 Å². The van der Waals surface area contributed by atoms with E-state index in [-0.39, 0.29) is 19.7 Å². The molecule has 0 unspecified atom stereocenters. The molecule has 1 fully saturated rings. The molecular formula is C21H16FN3O3S. The van der Waals surface area contributed by atoms with Gasteiger partial charge in [0.1, 0.15) is 22.6 Å². The summed E-state index contributed by atoms with van der Waals surface area (Å²) in [5.74, 6) is -0.455. The van der Waals surface area contributed by atoms with Crippen LogP contribution in [0.25, 0.3) is 26.5 Å². The molecule has 0 bridgehead atoms. The molecule has 1 saturated heterocycles. The molecule has 1 amide bonds. The van der Waals surface area contributed by atoms with Crippen molar-refractivity contribution in [2.75, 3.05) is 18.1 Å². The zero-order chi connectivity index (χ0) is 20.4. The van der Waals surface area contributed by atoms with E-state index in [1.165, 1.54) is 22.3 Å². The van der Waals surface area contributed by atoms with Crippen molar-refractivity contribution in [1.29, 1.82) is 0 Å². The molecule has 1 atom stereocenters. The Bertz CT molecular complexity index is 1090. The molecule has 8 heteroatoms. The van der Waals surface area contributed by atoms with Crippen molar-refractivity contribution < 1.29 is 19.0 Å². The van der Waals surface area contributed by atoms with Gasteiger partial charge in [0.25, 0.3) is 6.54 Å². The molecule has 29 heavy (non-hydrogen) atoms. The van der Waals surface area contributed by atoms with E-state index in [0.717, 1.165) is 16.3 Å². The van der Waals surface area contributed by atoms with Gasteiger partial charge in [0.05, 0.1) is 18.8 Å². The first-order valence-corrected chi connectivity index (χ1v) is 9.74. The number of hydrogen-bond donors (Lipinski definition) is 1. The standard InChI is InChI=1S/C21H16FN3O3S/c1-23-9-15-12-29-20(24-15)14-4-2-13(3-5-14)18-7-6-16(8-19(18)22)25-10-17(11-26)28-21(25)27/h2-8,12,17,26H,9-11H2/t17-/m1/s1. The molecule has 1 aliphatic heterocycles. The van der Waals surface area contributed by atoms with Gasteiger partial charge < -0.3 is 14.7 Å². The minimum Gasteiger partial charge on any atom is -0.441 e. The van der Waals surface area contributed by atoms with Crippen molar-refractivity contribution in [3.05, 3.63) is 70.8 Å². The molecule has 0 spiro atoms. The van der Waals surface area contributed by atoms with Crippen LogP contribution in [-0.4, -0.2) is 35.4 Å². The van der Waals surface area contributed by atoms with Gasteiger partial charge in [0.2, 0.25) is 0 Å². The fourth-order valence-corrected chi connectivity index (χ4v) is 3.94. The van der Waals surface area contributed by atoms with Gasteiger partial charge in [-0.3, -0.25) is 4.90 Å². The van der Waals surface area contributed by atoms with E-state index < -0.39 is 18.0 Å². The zero-order valence-electron chi connectivity index (χ0n) is 15.2. The number of aliphatic hydroxyl groups is 1. The van der Waals surface area contributed by atoms with Gasteiger partial charge in [-0.1, -0.05) is 24.3 Å². The molecule has 3 aromatic rings. The fraction of sp³-hybridized carbons (Fsp3) is 0.190. The average molecular weight is 409 g/mol. The monoisotopic (exact) mass is 409 g/mol. The van der Waals surface area contributed by atoms with E-state index >= 15 is 0 Å². The third-order valence-corrected chi connectivity index (χ3v) is 5.52. The van der Waals surface area contributed by atoms with Gasteiger partial charge in [-0.25, -0.2) is 20.7 Å². The van der Waals surface area contributed by atoms with Gasteiger partial charge in [0.15, 0.2) is 0 Å². The molecule has 1 aliphatic rings. The summed E-state index contributed by atoms with van der Waals surface area (Å²) >= 11 is 1.47. The Hall–Kier alpha value is -3.28. The van der Waals surface area contributed by atoms with Crippen molar-refractivity contribution in [1.82, 2.24) is 4.98 Å². The quantitative estimate of drug-likeness (QED) is 0.636. The Morgan fingerprint density at radius 1 is 1.28 bits per heavy atom. The van der Waals surface area contributed by atoms with Crippen LogP contribution in [0.3, 0.4) is 0 Å². The summed E-state index contributed by atoms with van der Waals surface area (Å²) in [5, 5.41) is 11.8. The van der Waals surface area contributed by atoms with E-state index in [2.05, 4.69) is 9.83 Å². The van der Waals surface area contributed by atoms with E-state index in [0.29, 0.717) is 16.8 Å². The van der Waals surface area contributed by atoms with Crippen molar-refractivity contribution in [2.24, 2.45) is 0 Å². The number of nitrogens with zero attached hydrogens (tertiary/aromatic N) is 3. The number of amides is 1. The lowest BCUT2D eigenvalue weighted by Gasteiger charge is -2.14. The van der Waals surface area contributed by atoms with E-state index in [9.17, 15) is 9.18 Å². The smallest absolute Gasteiger partial charge is 0.414 e. The number of anilines is 1. The first kappa shape index (κ1) is 19.1. The summed E-state index contributed by atoms with van der Waals surface area (Å²) in [4.78, 5) is 20.9. The van der Waals surface area contributed by atoms with Crippen LogP contribution in [0.5, 0.6) is 0 Å². The van der Waals surface area contributed by atoms with Gasteiger partial charge in [-0.05, 0) is 23.8 Å². The number of benzene rings is 2. The second-order valence-electron chi connectivity index (χ2n) is 6.50. The number of aromatic nitrogens is 1. The summed E-state index contributed by atoms with van der Waals surface area (Å²) in [6, 6.07) is 11.9. The number of carbonyl (C=O) groups is 1. The highest BCUT2D eigenvalue weighted by atomic mass is 32.1. The molecule has 2 aromatic carbocycles. The number of rotatable bonds is 5. The maximum atomic E-state index is 14.7. The second kappa shape index (κ2) is 7.99. The Balaban J connectivity index is 1.55. The molecule has 6 nitrogen and oxygen atoms in total. The molecule has 0 saturated carbocycles. The van der Waals surface area contributed by atoms with Crippen LogP contribution in [0.1, 0.15) is 5.69 Å². The van der Waals surface area contributed by atoms with Crippen LogP contribution in [0, 0.1) is 12.4 Å². The van der Waals surface area contributed by atoms with Crippen LogP contribution in [0.2, 0.25) is 0 Å². The van der Waals surface area contributed by atoms with Crippen molar-refractivity contribution in [2.45, 2.75) is 12.6 Å². The van der Waals surface area contributed by atoms with Crippen molar-refractivity contribution >= 4 is 23.1 Å². The number of ether oxygens (including phenoxy) is 1. The van der Waals surface area contributed by atoms with E-state index in [1.54, 1.807) is 12.1 Å². The molecule has 4 rings (SSSR count). The Morgan fingerprint density at radius 3 is 2.69 bits per heavy atom. The molecule has 1 aromatic heterocycles. The van der Waals surface area contributed by atoms with E-state index in [4.69, 9.17) is 16.4 Å². The predicted octanol–water partition coefficient (Wildman–Crippen LogP) is 4.35. The lowest BCUT2D eigenvalue weighted by molar-refractivity contribution is 0.0963. The third kappa shape index (κ3) is 3.83. The van der Waals surface area contributed by atoms with Crippen LogP contribution >= 0.6 is 11.3 Å². The first-order chi connectivity index (χ1) is 14.1. The summed E-state index contributed by atoms with van der Waals surface area (Å²) in [6.07, 6.45) is -1.19. The minimum absolute atomic E-state index is 0.187. The topological polar surface area (TPSA) is 67.0 Å². The minimum atomic E-state index is -0.598. The van der Waals surface area contributed by atoms with Crippen molar-refractivity contribution in [3.63, 3.8) is 0 Å². The van der Waals surface area contributed by atoms with Crippen molar-refractivity contribution in [3.8, 4) is 21.7 Å². The Kier molecular flexibility index (Phi) is 5.25. The summed E-state index contributed by atoms with van der Waals surface area (Å²) in [6.45, 7) is 7.09. The maximum Gasteiger partial charge on any atom is 0.414 e. The summed E-state index contributed by atoms with van der Waals surface area (Å²) in [7, 11) is 0.